The zero-order valence-corrected chi connectivity index (χ0v) is 21.3. The summed E-state index contributed by atoms with van der Waals surface area (Å²) < 4.78 is 85.5. The summed E-state index contributed by atoms with van der Waals surface area (Å²) in [5.41, 5.74) is -1.68. The second-order valence-electron chi connectivity index (χ2n) is 7.04. The first kappa shape index (κ1) is 28.7. The normalized spacial score (nSPS) is 12.0. The van der Waals surface area contributed by atoms with Crippen molar-refractivity contribution in [1.82, 2.24) is 0 Å². The Bertz CT molecular complexity index is 608. The molecule has 0 saturated carbocycles. The van der Waals surface area contributed by atoms with Crippen LogP contribution in [-0.4, -0.2) is 26.9 Å². The Labute approximate surface area is 189 Å². The molecule has 0 radical (unpaired) electrons. The molecule has 180 valence electrons. The van der Waals surface area contributed by atoms with Gasteiger partial charge in [-0.25, -0.2) is 0 Å². The molecule has 1 rings (SSSR count). The van der Waals surface area contributed by atoms with E-state index >= 15 is 0 Å². The molecule has 1 aromatic carbocycles. The molecule has 0 aliphatic carbocycles. The summed E-state index contributed by atoms with van der Waals surface area (Å²) in [4.78, 5) is 0. The zero-order chi connectivity index (χ0) is 23.3. The van der Waals surface area contributed by atoms with Gasteiger partial charge < -0.3 is 0 Å². The summed E-state index contributed by atoms with van der Waals surface area (Å²) in [6, 6.07) is 0. The fourth-order valence-electron chi connectivity index (χ4n) is 2.56. The van der Waals surface area contributed by atoms with Crippen LogP contribution in [-0.2, 0) is 51.2 Å². The number of methoxy groups -OCH3 is 1. The number of benzene rings is 1. The summed E-state index contributed by atoms with van der Waals surface area (Å²) in [5.74, 6) is -6.07. The van der Waals surface area contributed by atoms with Gasteiger partial charge >= 0.3 is 189 Å². The van der Waals surface area contributed by atoms with Crippen molar-refractivity contribution in [3.05, 3.63) is 34.4 Å². The van der Waals surface area contributed by atoms with E-state index in [1.54, 1.807) is 0 Å². The first-order valence-electron chi connectivity index (χ1n) is 10.8. The Hall–Kier alpha value is -0.377. The summed E-state index contributed by atoms with van der Waals surface area (Å²) in [6.45, 7) is 5.47. The quantitative estimate of drug-likeness (QED) is 0.136. The van der Waals surface area contributed by atoms with Crippen molar-refractivity contribution >= 4 is 0 Å². The standard InChI is InChI=1S/C9H7F4O2.3C4H9O.Zr/c1-15-3-5-8(12)6(10)4(2-14)7(11)9(5)13;3*1-2-3-4-5;/h2-3H2,1H3;3*2-4H2,1H3;/q4*-1;+4. The molecule has 0 unspecified atom stereocenters. The molecule has 0 aromatic heterocycles. The molecule has 0 aliphatic heterocycles. The topological polar surface area (TPSA) is 46.2 Å². The van der Waals surface area contributed by atoms with Crippen molar-refractivity contribution in [3.63, 3.8) is 0 Å². The van der Waals surface area contributed by atoms with E-state index in [1.165, 1.54) is 7.11 Å². The van der Waals surface area contributed by atoms with E-state index in [0.717, 1.165) is 19.3 Å². The minimum absolute atomic E-state index is 0.297. The van der Waals surface area contributed by atoms with Gasteiger partial charge in [-0.3, -0.25) is 0 Å². The third kappa shape index (κ3) is 8.82. The van der Waals surface area contributed by atoms with Gasteiger partial charge in [0.1, 0.15) is 0 Å². The average Bonchev–Trinajstić information content (AvgIpc) is 2.76. The van der Waals surface area contributed by atoms with Crippen molar-refractivity contribution in [1.29, 1.82) is 0 Å². The second kappa shape index (κ2) is 15.5. The molecule has 1 aromatic rings. The van der Waals surface area contributed by atoms with Crippen molar-refractivity contribution < 1.29 is 55.6 Å². The summed E-state index contributed by atoms with van der Waals surface area (Å²) in [5, 5.41) is 0. The number of rotatable bonds is 17. The molecule has 0 spiro atoms. The molecular weight excluding hydrogens is 499 g/mol. The molecule has 0 amide bonds. The van der Waals surface area contributed by atoms with Gasteiger partial charge in [0.15, 0.2) is 0 Å². The number of ether oxygens (including phenoxy) is 1. The first-order valence-corrected chi connectivity index (χ1v) is 14.8. The Morgan fingerprint density at radius 2 is 0.935 bits per heavy atom. The fraction of sp³-hybridized carbons (Fsp3) is 0.714. The number of halogens is 4. The van der Waals surface area contributed by atoms with Crippen molar-refractivity contribution in [2.75, 3.05) is 26.9 Å². The van der Waals surface area contributed by atoms with E-state index in [0.29, 0.717) is 39.1 Å². The van der Waals surface area contributed by atoms with Gasteiger partial charge in [0.05, 0.1) is 0 Å². The van der Waals surface area contributed by atoms with Crippen LogP contribution in [0, 0.1) is 23.3 Å². The molecule has 0 saturated heterocycles. The van der Waals surface area contributed by atoms with Crippen LogP contribution < -0.4 is 0 Å². The molecule has 10 heteroatoms. The van der Waals surface area contributed by atoms with Gasteiger partial charge in [-0.05, 0) is 0 Å². The molecule has 0 bridgehead atoms. The molecule has 5 nitrogen and oxygen atoms in total. The predicted molar refractivity (Wildman–Crippen MR) is 104 cm³/mol. The van der Waals surface area contributed by atoms with Crippen LogP contribution in [0.5, 0.6) is 0 Å². The van der Waals surface area contributed by atoms with E-state index in [-0.39, 0.29) is 0 Å². The van der Waals surface area contributed by atoms with E-state index in [9.17, 15) is 17.6 Å². The van der Waals surface area contributed by atoms with Gasteiger partial charge in [-0.1, -0.05) is 0 Å². The summed E-state index contributed by atoms with van der Waals surface area (Å²) in [6.07, 6.45) is 4.71. The van der Waals surface area contributed by atoms with Gasteiger partial charge in [-0.2, -0.15) is 0 Å². The molecule has 0 aliphatic rings. The minimum atomic E-state index is -4.71. The Morgan fingerprint density at radius 3 is 1.26 bits per heavy atom. The monoisotopic (exact) mass is 532 g/mol. The van der Waals surface area contributed by atoms with Gasteiger partial charge in [-0.15, -0.1) is 0 Å². The van der Waals surface area contributed by atoms with Crippen LogP contribution in [0.15, 0.2) is 0 Å². The van der Waals surface area contributed by atoms with E-state index in [4.69, 9.17) is 11.3 Å². The van der Waals surface area contributed by atoms with Crippen LogP contribution in [0.1, 0.15) is 70.4 Å². The van der Waals surface area contributed by atoms with Gasteiger partial charge in [0, 0.05) is 0 Å². The van der Waals surface area contributed by atoms with Crippen LogP contribution in [0.2, 0.25) is 0 Å². The second-order valence-corrected chi connectivity index (χ2v) is 12.3. The zero-order valence-electron chi connectivity index (χ0n) is 18.8. The summed E-state index contributed by atoms with van der Waals surface area (Å²) in [7, 11) is 1.17. The molecule has 0 atom stereocenters. The fourth-order valence-corrected chi connectivity index (χ4v) is 7.48. The first-order chi connectivity index (χ1) is 14.9. The van der Waals surface area contributed by atoms with E-state index in [2.05, 4.69) is 4.74 Å². The number of hydrogen-bond donors (Lipinski definition) is 0. The molecule has 0 heterocycles. The van der Waals surface area contributed by atoms with Crippen LogP contribution in [0.4, 0.5) is 17.6 Å². The molecule has 0 fully saturated rings. The average molecular weight is 534 g/mol. The Balaban J connectivity index is 3.16. The van der Waals surface area contributed by atoms with Crippen LogP contribution >= 0.6 is 0 Å². The Morgan fingerprint density at radius 1 is 0.581 bits per heavy atom. The maximum absolute atomic E-state index is 14.5. The Kier molecular flexibility index (Phi) is 14.3. The van der Waals surface area contributed by atoms with E-state index < -0.39 is 69.6 Å². The van der Waals surface area contributed by atoms with Crippen LogP contribution in [0.3, 0.4) is 0 Å². The number of hydrogen-bond acceptors (Lipinski definition) is 5. The van der Waals surface area contributed by atoms with E-state index in [1.807, 2.05) is 20.8 Å². The predicted octanol–water partition coefficient (Wildman–Crippen LogP) is 6.17. The van der Waals surface area contributed by atoms with Crippen molar-refractivity contribution in [2.24, 2.45) is 0 Å². The van der Waals surface area contributed by atoms with Crippen molar-refractivity contribution in [2.45, 2.75) is 72.5 Å². The molecule has 31 heavy (non-hydrogen) atoms. The SMILES string of the molecule is CCCC[O][Zr]([O]CCCC)([O]CCCC)[O]Cc1c(F)c(F)c(COC)c(F)c1F. The third-order valence-corrected chi connectivity index (χ3v) is 9.79. The molecule has 0 N–H and O–H groups in total. The summed E-state index contributed by atoms with van der Waals surface area (Å²) >= 11 is -4.71. The van der Waals surface area contributed by atoms with Crippen LogP contribution in [0.25, 0.3) is 0 Å². The molecular formula is C21H34F4O5Zr. The number of unbranched alkanes of at least 4 members (excludes halogenated alkanes) is 3. The van der Waals surface area contributed by atoms with Gasteiger partial charge in [0.2, 0.25) is 0 Å². The van der Waals surface area contributed by atoms with Crippen molar-refractivity contribution in [3.8, 4) is 0 Å². The third-order valence-electron chi connectivity index (χ3n) is 4.46. The maximum atomic E-state index is 14.5. The van der Waals surface area contributed by atoms with Gasteiger partial charge in [0.25, 0.3) is 0 Å².